The van der Waals surface area contributed by atoms with Crippen LogP contribution in [0.25, 0.3) is 5.69 Å². The van der Waals surface area contributed by atoms with Gasteiger partial charge in [-0.25, -0.2) is 9.67 Å². The van der Waals surface area contributed by atoms with Crippen LogP contribution in [0.2, 0.25) is 0 Å². The summed E-state index contributed by atoms with van der Waals surface area (Å²) < 4.78 is 9.00. The first kappa shape index (κ1) is 22.4. The molecule has 0 unspecified atom stereocenters. The second-order valence-corrected chi connectivity index (χ2v) is 8.33. The van der Waals surface area contributed by atoms with Gasteiger partial charge in [0.1, 0.15) is 18.0 Å². The van der Waals surface area contributed by atoms with E-state index in [1.807, 2.05) is 61.5 Å². The Morgan fingerprint density at radius 1 is 1.12 bits per heavy atom. The zero-order chi connectivity index (χ0) is 23.4. The highest BCUT2D eigenvalue weighted by atomic mass is 32.2. The van der Waals surface area contributed by atoms with Gasteiger partial charge >= 0.3 is 0 Å². The Hall–Kier alpha value is -3.79. The van der Waals surface area contributed by atoms with Gasteiger partial charge < -0.3 is 10.1 Å². The predicted molar refractivity (Wildman–Crippen MR) is 127 cm³/mol. The zero-order valence-electron chi connectivity index (χ0n) is 18.5. The number of anilines is 1. The van der Waals surface area contributed by atoms with Gasteiger partial charge in [-0.2, -0.15) is 0 Å². The molecule has 0 bridgehead atoms. The molecule has 0 saturated heterocycles. The van der Waals surface area contributed by atoms with E-state index in [-0.39, 0.29) is 29.5 Å². The highest BCUT2D eigenvalue weighted by Gasteiger charge is 2.18. The normalized spacial score (nSPS) is 10.9. The number of para-hydroxylation sites is 2. The SMILES string of the molecule is Cc1ccccc1OCc1nc(SCC(=O)Nc2c(C)n(C)n(-c3ccccc3)c2=O)n[nH]1. The lowest BCUT2D eigenvalue weighted by Gasteiger charge is -2.07. The van der Waals surface area contributed by atoms with Crippen molar-refractivity contribution in [1.82, 2.24) is 24.5 Å². The molecule has 0 spiro atoms. The van der Waals surface area contributed by atoms with Crippen LogP contribution < -0.4 is 15.6 Å². The largest absolute Gasteiger partial charge is 0.485 e. The number of benzene rings is 2. The third-order valence-electron chi connectivity index (χ3n) is 5.12. The Morgan fingerprint density at radius 2 is 1.85 bits per heavy atom. The lowest BCUT2D eigenvalue weighted by Crippen LogP contribution is -2.23. The van der Waals surface area contributed by atoms with E-state index < -0.39 is 0 Å². The minimum atomic E-state index is -0.312. The summed E-state index contributed by atoms with van der Waals surface area (Å²) in [5, 5.41) is 10.1. The number of amides is 1. The summed E-state index contributed by atoms with van der Waals surface area (Å²) in [4.78, 5) is 29.8. The number of aromatic nitrogens is 5. The van der Waals surface area contributed by atoms with E-state index in [1.165, 1.54) is 16.4 Å². The first-order valence-corrected chi connectivity index (χ1v) is 11.3. The van der Waals surface area contributed by atoms with Gasteiger partial charge in [-0.3, -0.25) is 19.4 Å². The lowest BCUT2D eigenvalue weighted by molar-refractivity contribution is -0.113. The summed E-state index contributed by atoms with van der Waals surface area (Å²) in [7, 11) is 1.78. The van der Waals surface area contributed by atoms with Crippen LogP contribution in [0.5, 0.6) is 5.75 Å². The molecule has 2 heterocycles. The van der Waals surface area contributed by atoms with E-state index in [0.29, 0.717) is 16.7 Å². The van der Waals surface area contributed by atoms with E-state index in [9.17, 15) is 9.59 Å². The Bertz CT molecular complexity index is 1330. The highest BCUT2D eigenvalue weighted by molar-refractivity contribution is 7.99. The van der Waals surface area contributed by atoms with E-state index in [1.54, 1.807) is 18.7 Å². The van der Waals surface area contributed by atoms with Gasteiger partial charge in [0.2, 0.25) is 11.1 Å². The Balaban J connectivity index is 1.36. The molecule has 33 heavy (non-hydrogen) atoms. The van der Waals surface area contributed by atoms with Crippen LogP contribution in [0.3, 0.4) is 0 Å². The summed E-state index contributed by atoms with van der Waals surface area (Å²) in [6.45, 7) is 4.01. The number of hydrogen-bond donors (Lipinski definition) is 2. The van der Waals surface area contributed by atoms with Crippen LogP contribution in [0.15, 0.2) is 64.5 Å². The zero-order valence-corrected chi connectivity index (χ0v) is 19.3. The molecule has 0 aliphatic carbocycles. The Kier molecular flexibility index (Phi) is 6.64. The van der Waals surface area contributed by atoms with Crippen molar-refractivity contribution in [3.05, 3.63) is 82.0 Å². The molecule has 1 amide bonds. The van der Waals surface area contributed by atoms with Crippen molar-refractivity contribution in [1.29, 1.82) is 0 Å². The number of hydrogen-bond acceptors (Lipinski definition) is 6. The summed E-state index contributed by atoms with van der Waals surface area (Å²) in [5.74, 6) is 1.09. The molecule has 2 aromatic carbocycles. The number of nitrogens with zero attached hydrogens (tertiary/aromatic N) is 4. The topological polar surface area (TPSA) is 107 Å². The van der Waals surface area contributed by atoms with Crippen molar-refractivity contribution in [2.45, 2.75) is 25.6 Å². The molecular weight excluding hydrogens is 440 g/mol. The summed E-state index contributed by atoms with van der Waals surface area (Å²) in [6.07, 6.45) is 0. The average molecular weight is 465 g/mol. The second kappa shape index (κ2) is 9.78. The minimum absolute atomic E-state index is 0.0645. The fourth-order valence-electron chi connectivity index (χ4n) is 3.29. The van der Waals surface area contributed by atoms with Crippen LogP contribution in [0.1, 0.15) is 17.1 Å². The standard InChI is InChI=1S/C23H24N6O3S/c1-15-9-7-8-12-18(15)32-13-19-24-23(27-26-19)33-14-20(30)25-21-16(2)28(3)29(22(21)31)17-10-5-4-6-11-17/h4-12H,13-14H2,1-3H3,(H,25,30)(H,24,26,27). The van der Waals surface area contributed by atoms with Gasteiger partial charge in [0, 0.05) is 7.05 Å². The van der Waals surface area contributed by atoms with Crippen molar-refractivity contribution in [2.75, 3.05) is 11.1 Å². The van der Waals surface area contributed by atoms with Crippen LogP contribution >= 0.6 is 11.8 Å². The van der Waals surface area contributed by atoms with Gasteiger partial charge in [-0.1, -0.05) is 48.2 Å². The monoisotopic (exact) mass is 464 g/mol. The number of ether oxygens (including phenoxy) is 1. The van der Waals surface area contributed by atoms with Crippen molar-refractivity contribution in [3.63, 3.8) is 0 Å². The second-order valence-electron chi connectivity index (χ2n) is 7.39. The van der Waals surface area contributed by atoms with Crippen LogP contribution in [-0.4, -0.2) is 36.2 Å². The summed E-state index contributed by atoms with van der Waals surface area (Å²) >= 11 is 1.18. The molecule has 4 aromatic rings. The van der Waals surface area contributed by atoms with E-state index in [4.69, 9.17) is 4.74 Å². The molecule has 2 N–H and O–H groups in total. The molecule has 0 aliphatic rings. The fourth-order valence-corrected chi connectivity index (χ4v) is 3.91. The first-order chi connectivity index (χ1) is 15.9. The van der Waals surface area contributed by atoms with E-state index >= 15 is 0 Å². The number of carbonyl (C=O) groups excluding carboxylic acids is 1. The maximum absolute atomic E-state index is 12.9. The Labute approximate surface area is 194 Å². The van der Waals surface area contributed by atoms with Gasteiger partial charge in [-0.15, -0.1) is 5.10 Å². The van der Waals surface area contributed by atoms with Crippen LogP contribution in [0, 0.1) is 13.8 Å². The number of carbonyl (C=O) groups is 1. The van der Waals surface area contributed by atoms with Crippen molar-refractivity contribution in [2.24, 2.45) is 7.05 Å². The molecule has 0 aliphatic heterocycles. The average Bonchev–Trinajstić information content (AvgIpc) is 3.36. The maximum Gasteiger partial charge on any atom is 0.295 e. The van der Waals surface area contributed by atoms with Gasteiger partial charge in [0.25, 0.3) is 5.56 Å². The quantitative estimate of drug-likeness (QED) is 0.388. The molecule has 0 fully saturated rings. The first-order valence-electron chi connectivity index (χ1n) is 10.3. The van der Waals surface area contributed by atoms with E-state index in [2.05, 4.69) is 20.5 Å². The van der Waals surface area contributed by atoms with Gasteiger partial charge in [0.15, 0.2) is 5.82 Å². The number of H-pyrrole nitrogens is 1. The van der Waals surface area contributed by atoms with Crippen molar-refractivity contribution in [3.8, 4) is 11.4 Å². The molecule has 0 atom stereocenters. The lowest BCUT2D eigenvalue weighted by atomic mass is 10.2. The highest BCUT2D eigenvalue weighted by Crippen LogP contribution is 2.19. The van der Waals surface area contributed by atoms with Gasteiger partial charge in [-0.05, 0) is 37.6 Å². The van der Waals surface area contributed by atoms with Crippen molar-refractivity contribution >= 4 is 23.4 Å². The number of nitrogens with one attached hydrogen (secondary N) is 2. The fraction of sp³-hybridized carbons (Fsp3) is 0.217. The molecule has 0 radical (unpaired) electrons. The molecule has 2 aromatic heterocycles. The third-order valence-corrected chi connectivity index (χ3v) is 5.97. The molecular formula is C23H24N6O3S. The number of rotatable bonds is 8. The third kappa shape index (κ3) is 5.01. The Morgan fingerprint density at radius 3 is 2.61 bits per heavy atom. The number of aryl methyl sites for hydroxylation is 1. The molecule has 0 saturated carbocycles. The smallest absolute Gasteiger partial charge is 0.295 e. The summed E-state index contributed by atoms with van der Waals surface area (Å²) in [6, 6.07) is 17.0. The van der Waals surface area contributed by atoms with Crippen LogP contribution in [-0.2, 0) is 18.4 Å². The number of thioether (sulfide) groups is 1. The molecule has 10 heteroatoms. The molecule has 9 nitrogen and oxygen atoms in total. The maximum atomic E-state index is 12.9. The van der Waals surface area contributed by atoms with Crippen LogP contribution in [0.4, 0.5) is 5.69 Å². The van der Waals surface area contributed by atoms with E-state index in [0.717, 1.165) is 17.0 Å². The number of aromatic amines is 1. The predicted octanol–water partition coefficient (Wildman–Crippen LogP) is 3.22. The molecule has 4 rings (SSSR count). The summed E-state index contributed by atoms with van der Waals surface area (Å²) in [5.41, 5.74) is 2.40. The molecule has 170 valence electrons. The van der Waals surface area contributed by atoms with Gasteiger partial charge in [0.05, 0.1) is 17.1 Å². The minimum Gasteiger partial charge on any atom is -0.485 e. The van der Waals surface area contributed by atoms with Crippen molar-refractivity contribution < 1.29 is 9.53 Å².